The van der Waals surface area contributed by atoms with Crippen LogP contribution in [-0.4, -0.2) is 39.7 Å². The molecule has 9 heteroatoms. The Morgan fingerprint density at radius 2 is 1.73 bits per heavy atom. The van der Waals surface area contributed by atoms with Crippen molar-refractivity contribution in [2.75, 3.05) is 18.1 Å². The predicted octanol–water partition coefficient (Wildman–Crippen LogP) is 4.62. The van der Waals surface area contributed by atoms with Gasteiger partial charge in [0.2, 0.25) is 0 Å². The Kier molecular flexibility index (Phi) is 7.83. The molecule has 5 nitrogen and oxygen atoms in total. The van der Waals surface area contributed by atoms with E-state index in [-0.39, 0.29) is 17.4 Å². The van der Waals surface area contributed by atoms with Crippen LogP contribution < -0.4 is 4.90 Å². The summed E-state index contributed by atoms with van der Waals surface area (Å²) >= 11 is 5.46. The summed E-state index contributed by atoms with van der Waals surface area (Å²) in [6, 6.07) is 4.73. The molecule has 0 saturated carbocycles. The zero-order valence-electron chi connectivity index (χ0n) is 17.1. The third-order valence-electron chi connectivity index (χ3n) is 5.30. The first-order valence-electron chi connectivity index (χ1n) is 9.94. The van der Waals surface area contributed by atoms with Gasteiger partial charge in [0, 0.05) is 13.2 Å². The van der Waals surface area contributed by atoms with Crippen molar-refractivity contribution in [3.8, 4) is 6.07 Å². The number of carbonyl (C=O) groups is 1. The number of carbonyl (C=O) groups excluding carboxylic acids is 1. The first kappa shape index (κ1) is 24.1. The highest BCUT2D eigenvalue weighted by atomic mass is 32.1. The van der Waals surface area contributed by atoms with Crippen LogP contribution in [0.15, 0.2) is 18.2 Å². The molecule has 0 bridgehead atoms. The second kappa shape index (κ2) is 9.75. The molecule has 1 N–H and O–H groups in total. The maximum atomic E-state index is 13.3. The van der Waals surface area contributed by atoms with Crippen LogP contribution in [-0.2, 0) is 11.0 Å². The lowest BCUT2D eigenvalue weighted by Crippen LogP contribution is -2.44. The number of nitrogens with zero attached hydrogens (tertiary/aromatic N) is 3. The molecule has 1 saturated heterocycles. The number of thiocarbonyl (C=S) groups is 1. The van der Waals surface area contributed by atoms with Crippen molar-refractivity contribution in [3.63, 3.8) is 0 Å². The zero-order chi connectivity index (χ0) is 22.5. The number of aliphatic hydroxyl groups excluding tert-OH is 1. The summed E-state index contributed by atoms with van der Waals surface area (Å²) < 4.78 is 40.0. The van der Waals surface area contributed by atoms with E-state index in [1.807, 2.05) is 0 Å². The van der Waals surface area contributed by atoms with Crippen LogP contribution in [0, 0.1) is 11.3 Å². The van der Waals surface area contributed by atoms with E-state index in [1.165, 1.54) is 12.1 Å². The molecule has 0 spiro atoms. The molecule has 1 amide bonds. The van der Waals surface area contributed by atoms with Crippen molar-refractivity contribution in [1.29, 1.82) is 5.26 Å². The van der Waals surface area contributed by atoms with E-state index in [0.29, 0.717) is 6.54 Å². The van der Waals surface area contributed by atoms with Crippen molar-refractivity contribution < 1.29 is 23.1 Å². The largest absolute Gasteiger partial charge is 0.417 e. The smallest absolute Gasteiger partial charge is 0.396 e. The number of hydrogen-bond acceptors (Lipinski definition) is 4. The first-order chi connectivity index (χ1) is 14.1. The molecule has 0 aromatic heterocycles. The number of halogens is 3. The molecule has 1 aliphatic heterocycles. The monoisotopic (exact) mass is 441 g/mol. The number of rotatable bonds is 9. The van der Waals surface area contributed by atoms with Gasteiger partial charge >= 0.3 is 6.18 Å². The predicted molar refractivity (Wildman–Crippen MR) is 112 cm³/mol. The normalized spacial score (nSPS) is 16.3. The summed E-state index contributed by atoms with van der Waals surface area (Å²) in [5, 5.41) is 17.9. The Labute approximate surface area is 180 Å². The van der Waals surface area contributed by atoms with Crippen molar-refractivity contribution in [2.45, 2.75) is 64.1 Å². The summed E-state index contributed by atoms with van der Waals surface area (Å²) in [5.74, 6) is -0.395. The molecule has 2 rings (SSSR count). The minimum Gasteiger partial charge on any atom is -0.396 e. The maximum Gasteiger partial charge on any atom is 0.417 e. The minimum absolute atomic E-state index is 0.0101. The van der Waals surface area contributed by atoms with Gasteiger partial charge in [0.05, 0.1) is 22.9 Å². The molecule has 0 radical (unpaired) electrons. The minimum atomic E-state index is -4.71. The van der Waals surface area contributed by atoms with E-state index in [9.17, 15) is 18.0 Å². The van der Waals surface area contributed by atoms with Crippen LogP contribution in [0.25, 0.3) is 0 Å². The number of aliphatic hydroxyl groups is 1. The topological polar surface area (TPSA) is 67.6 Å². The van der Waals surface area contributed by atoms with Crippen LogP contribution in [0.2, 0.25) is 0 Å². The number of alkyl halides is 3. The number of unbranched alkanes of at least 4 members (excludes halogenated alkanes) is 5. The Bertz CT molecular complexity index is 834. The summed E-state index contributed by atoms with van der Waals surface area (Å²) in [6.07, 6.45) is 0.799. The number of hydrogen-bond donors (Lipinski definition) is 1. The average Bonchev–Trinajstić information content (AvgIpc) is 2.85. The molecule has 1 aromatic rings. The second-order valence-electron chi connectivity index (χ2n) is 7.82. The first-order valence-corrected chi connectivity index (χ1v) is 10.3. The molecule has 0 atom stereocenters. The van der Waals surface area contributed by atoms with Gasteiger partial charge in [-0.2, -0.15) is 18.4 Å². The molecule has 0 aliphatic carbocycles. The van der Waals surface area contributed by atoms with Gasteiger partial charge in [0.25, 0.3) is 5.91 Å². The van der Waals surface area contributed by atoms with Crippen LogP contribution >= 0.6 is 12.2 Å². The third-order valence-corrected chi connectivity index (χ3v) is 5.70. The highest BCUT2D eigenvalue weighted by Crippen LogP contribution is 2.37. The van der Waals surface area contributed by atoms with Gasteiger partial charge in [-0.25, -0.2) is 0 Å². The summed E-state index contributed by atoms with van der Waals surface area (Å²) in [4.78, 5) is 15.9. The SMILES string of the molecule is CC1(C)C(=O)N(c2ccc(C#N)c(C(F)(F)F)c2)C(=S)N1CCCCCCCCO. The summed E-state index contributed by atoms with van der Waals surface area (Å²) in [7, 11) is 0. The average molecular weight is 442 g/mol. The van der Waals surface area contributed by atoms with Gasteiger partial charge in [-0.15, -0.1) is 0 Å². The summed E-state index contributed by atoms with van der Waals surface area (Å²) in [6.45, 7) is 4.13. The van der Waals surface area contributed by atoms with E-state index in [4.69, 9.17) is 22.6 Å². The molecular weight excluding hydrogens is 415 g/mol. The maximum absolute atomic E-state index is 13.3. The van der Waals surface area contributed by atoms with Gasteiger partial charge in [0.1, 0.15) is 5.54 Å². The molecular formula is C21H26F3N3O2S. The fourth-order valence-electron chi connectivity index (χ4n) is 3.53. The van der Waals surface area contributed by atoms with Crippen LogP contribution in [0.4, 0.5) is 18.9 Å². The highest BCUT2D eigenvalue weighted by Gasteiger charge is 2.49. The second-order valence-corrected chi connectivity index (χ2v) is 8.18. The van der Waals surface area contributed by atoms with Crippen LogP contribution in [0.3, 0.4) is 0 Å². The molecule has 1 fully saturated rings. The molecule has 1 aromatic carbocycles. The van der Waals surface area contributed by atoms with Gasteiger partial charge in [-0.1, -0.05) is 25.7 Å². The molecule has 0 unspecified atom stereocenters. The van der Waals surface area contributed by atoms with Crippen molar-refractivity contribution >= 4 is 28.9 Å². The number of nitriles is 1. The highest BCUT2D eigenvalue weighted by molar-refractivity contribution is 7.80. The Morgan fingerprint density at radius 3 is 2.30 bits per heavy atom. The van der Waals surface area contributed by atoms with Gasteiger partial charge in [-0.3, -0.25) is 9.69 Å². The fraction of sp³-hybridized carbons (Fsp3) is 0.571. The molecule has 1 aliphatic rings. The Balaban J connectivity index is 2.17. The summed E-state index contributed by atoms with van der Waals surface area (Å²) in [5.41, 5.74) is -2.55. The fourth-order valence-corrected chi connectivity index (χ4v) is 4.04. The number of amides is 1. The van der Waals surface area contributed by atoms with Crippen molar-refractivity contribution in [2.24, 2.45) is 0 Å². The zero-order valence-corrected chi connectivity index (χ0v) is 17.9. The lowest BCUT2D eigenvalue weighted by Gasteiger charge is -2.29. The van der Waals surface area contributed by atoms with Gasteiger partial charge in [-0.05, 0) is 57.1 Å². The van der Waals surface area contributed by atoms with Crippen molar-refractivity contribution in [3.05, 3.63) is 29.3 Å². The lowest BCUT2D eigenvalue weighted by molar-refractivity contribution is -0.137. The Hall–Kier alpha value is -2.18. The molecule has 164 valence electrons. The van der Waals surface area contributed by atoms with Crippen LogP contribution in [0.1, 0.15) is 63.5 Å². The molecule has 1 heterocycles. The van der Waals surface area contributed by atoms with Gasteiger partial charge < -0.3 is 10.0 Å². The standard InChI is InChI=1S/C21H26F3N3O2S/c1-20(2)18(29)27(16-10-9-15(14-25)17(13-16)21(22,23)24)19(30)26(20)11-7-5-3-4-6-8-12-28/h9-10,13,28H,3-8,11-12H2,1-2H3. The number of anilines is 1. The quantitative estimate of drug-likeness (QED) is 0.447. The number of benzene rings is 1. The Morgan fingerprint density at radius 1 is 1.13 bits per heavy atom. The third kappa shape index (κ3) is 5.10. The lowest BCUT2D eigenvalue weighted by atomic mass is 10.0. The molecule has 30 heavy (non-hydrogen) atoms. The van der Waals surface area contributed by atoms with E-state index in [2.05, 4.69) is 0 Å². The van der Waals surface area contributed by atoms with Gasteiger partial charge in [0.15, 0.2) is 5.11 Å². The van der Waals surface area contributed by atoms with E-state index >= 15 is 0 Å². The van der Waals surface area contributed by atoms with E-state index in [1.54, 1.807) is 18.7 Å². The van der Waals surface area contributed by atoms with E-state index < -0.39 is 28.7 Å². The van der Waals surface area contributed by atoms with Crippen LogP contribution in [0.5, 0.6) is 0 Å². The van der Waals surface area contributed by atoms with Crippen molar-refractivity contribution in [1.82, 2.24) is 4.90 Å². The van der Waals surface area contributed by atoms with E-state index in [0.717, 1.165) is 55.6 Å².